The van der Waals surface area contributed by atoms with Crippen LogP contribution in [0, 0.1) is 0 Å². The van der Waals surface area contributed by atoms with Crippen molar-refractivity contribution in [1.29, 1.82) is 0 Å². The molecule has 0 radical (unpaired) electrons. The van der Waals surface area contributed by atoms with Crippen LogP contribution in [0.4, 0.5) is 13.2 Å². The SMILES string of the molecule is CN=C(NCCCN(C)CC(F)(F)F)NCC(c1cccs1)N1CCOCC1.I. The number of hydrogen-bond donors (Lipinski definition) is 2. The van der Waals surface area contributed by atoms with Crippen LogP contribution in [-0.2, 0) is 4.74 Å². The van der Waals surface area contributed by atoms with Crippen LogP contribution in [0.25, 0.3) is 0 Å². The maximum absolute atomic E-state index is 12.3. The van der Waals surface area contributed by atoms with Gasteiger partial charge in [-0.3, -0.25) is 14.8 Å². The van der Waals surface area contributed by atoms with Crippen molar-refractivity contribution in [3.63, 3.8) is 0 Å². The number of thiophene rings is 1. The molecule has 1 aromatic heterocycles. The van der Waals surface area contributed by atoms with Gasteiger partial charge in [-0.25, -0.2) is 0 Å². The molecule has 0 saturated carbocycles. The van der Waals surface area contributed by atoms with Gasteiger partial charge in [-0.15, -0.1) is 35.3 Å². The van der Waals surface area contributed by atoms with Crippen LogP contribution in [0.1, 0.15) is 17.3 Å². The average Bonchev–Trinajstić information content (AvgIpc) is 3.17. The van der Waals surface area contributed by atoms with Crippen LogP contribution < -0.4 is 10.6 Å². The minimum absolute atomic E-state index is 0. The first kappa shape index (κ1) is 26.4. The van der Waals surface area contributed by atoms with Crippen LogP contribution in [0.15, 0.2) is 22.5 Å². The van der Waals surface area contributed by atoms with Crippen molar-refractivity contribution in [3.05, 3.63) is 22.4 Å². The van der Waals surface area contributed by atoms with E-state index in [0.717, 1.165) is 26.3 Å². The van der Waals surface area contributed by atoms with E-state index < -0.39 is 12.7 Å². The van der Waals surface area contributed by atoms with E-state index in [0.29, 0.717) is 32.0 Å². The minimum atomic E-state index is -4.16. The largest absolute Gasteiger partial charge is 0.401 e. The summed E-state index contributed by atoms with van der Waals surface area (Å²) in [6.45, 7) is 4.00. The van der Waals surface area contributed by atoms with E-state index in [9.17, 15) is 13.2 Å². The van der Waals surface area contributed by atoms with Gasteiger partial charge in [0.25, 0.3) is 0 Å². The molecule has 1 aliphatic heterocycles. The Morgan fingerprint density at radius 3 is 2.66 bits per heavy atom. The Bertz CT molecular complexity index is 583. The fourth-order valence-electron chi connectivity index (χ4n) is 3.13. The molecule has 0 amide bonds. The second kappa shape index (κ2) is 13.6. The van der Waals surface area contributed by atoms with E-state index in [4.69, 9.17) is 4.74 Å². The second-order valence-corrected chi connectivity index (χ2v) is 7.75. The summed E-state index contributed by atoms with van der Waals surface area (Å²) < 4.78 is 42.5. The highest BCUT2D eigenvalue weighted by Gasteiger charge is 2.28. The predicted molar refractivity (Wildman–Crippen MR) is 122 cm³/mol. The van der Waals surface area contributed by atoms with E-state index in [1.165, 1.54) is 16.8 Å². The zero-order valence-corrected chi connectivity index (χ0v) is 20.0. The van der Waals surface area contributed by atoms with Gasteiger partial charge in [-0.2, -0.15) is 13.2 Å². The zero-order valence-electron chi connectivity index (χ0n) is 16.9. The molecule has 0 aromatic carbocycles. The number of alkyl halides is 3. The Morgan fingerprint density at radius 1 is 1.34 bits per heavy atom. The van der Waals surface area contributed by atoms with Gasteiger partial charge in [0.15, 0.2) is 5.96 Å². The highest BCUT2D eigenvalue weighted by atomic mass is 127. The molecule has 2 heterocycles. The van der Waals surface area contributed by atoms with Crippen molar-refractivity contribution in [1.82, 2.24) is 20.4 Å². The summed E-state index contributed by atoms with van der Waals surface area (Å²) in [5, 5.41) is 8.61. The summed E-state index contributed by atoms with van der Waals surface area (Å²) >= 11 is 1.73. The molecule has 1 unspecified atom stereocenters. The number of morpholine rings is 1. The van der Waals surface area contributed by atoms with Crippen molar-refractivity contribution in [2.45, 2.75) is 18.6 Å². The molecule has 0 aliphatic carbocycles. The molecule has 1 aliphatic rings. The third-order valence-electron chi connectivity index (χ3n) is 4.50. The highest BCUT2D eigenvalue weighted by molar-refractivity contribution is 14.0. The van der Waals surface area contributed by atoms with Crippen molar-refractivity contribution in [2.75, 3.05) is 66.6 Å². The number of guanidine groups is 1. The molecule has 1 atom stereocenters. The molecule has 2 rings (SSSR count). The van der Waals surface area contributed by atoms with Gasteiger partial charge in [-0.1, -0.05) is 6.07 Å². The molecule has 1 fully saturated rings. The lowest BCUT2D eigenvalue weighted by molar-refractivity contribution is -0.143. The molecule has 11 heteroatoms. The third kappa shape index (κ3) is 10.3. The lowest BCUT2D eigenvalue weighted by Crippen LogP contribution is -2.46. The number of aliphatic imine (C=N–C) groups is 1. The summed E-state index contributed by atoms with van der Waals surface area (Å²) in [5.41, 5.74) is 0. The van der Waals surface area contributed by atoms with E-state index in [1.807, 2.05) is 0 Å². The maximum Gasteiger partial charge on any atom is 0.401 e. The lowest BCUT2D eigenvalue weighted by atomic mass is 10.2. The second-order valence-electron chi connectivity index (χ2n) is 6.77. The molecular formula is C18H31F3IN5OS. The molecule has 6 nitrogen and oxygen atoms in total. The summed E-state index contributed by atoms with van der Waals surface area (Å²) in [5.74, 6) is 0.660. The summed E-state index contributed by atoms with van der Waals surface area (Å²) in [6.07, 6.45) is -3.55. The highest BCUT2D eigenvalue weighted by Crippen LogP contribution is 2.25. The number of hydrogen-bond acceptors (Lipinski definition) is 5. The fraction of sp³-hybridized carbons (Fsp3) is 0.722. The number of nitrogens with zero attached hydrogens (tertiary/aromatic N) is 3. The first-order valence-corrected chi connectivity index (χ1v) is 10.3. The fourth-order valence-corrected chi connectivity index (χ4v) is 4.00. The van der Waals surface area contributed by atoms with Crippen molar-refractivity contribution >= 4 is 41.3 Å². The zero-order chi connectivity index (χ0) is 20.4. The molecule has 0 bridgehead atoms. The monoisotopic (exact) mass is 549 g/mol. The normalized spacial score (nSPS) is 17.1. The molecule has 0 spiro atoms. The molecule has 1 saturated heterocycles. The lowest BCUT2D eigenvalue weighted by Gasteiger charge is -2.34. The molecule has 2 N–H and O–H groups in total. The topological polar surface area (TPSA) is 52.1 Å². The quantitative estimate of drug-likeness (QED) is 0.215. The molecule has 1 aromatic rings. The van der Waals surface area contributed by atoms with Gasteiger partial charge in [0.2, 0.25) is 0 Å². The van der Waals surface area contributed by atoms with E-state index in [-0.39, 0.29) is 30.0 Å². The number of nitrogens with one attached hydrogen (secondary N) is 2. The third-order valence-corrected chi connectivity index (χ3v) is 5.48. The number of halogens is 4. The predicted octanol–water partition coefficient (Wildman–Crippen LogP) is 2.79. The average molecular weight is 549 g/mol. The Labute approximate surface area is 191 Å². The molecule has 168 valence electrons. The van der Waals surface area contributed by atoms with Gasteiger partial charge in [0, 0.05) is 38.1 Å². The first-order valence-electron chi connectivity index (χ1n) is 9.44. The van der Waals surface area contributed by atoms with Gasteiger partial charge < -0.3 is 15.4 Å². The Kier molecular flexibility index (Phi) is 12.4. The minimum Gasteiger partial charge on any atom is -0.379 e. The van der Waals surface area contributed by atoms with Crippen LogP contribution in [0.5, 0.6) is 0 Å². The van der Waals surface area contributed by atoms with Crippen molar-refractivity contribution < 1.29 is 17.9 Å². The smallest absolute Gasteiger partial charge is 0.379 e. The Hall–Kier alpha value is -0.630. The van der Waals surface area contributed by atoms with Crippen LogP contribution in [-0.4, -0.2) is 88.5 Å². The van der Waals surface area contributed by atoms with Crippen molar-refractivity contribution in [2.24, 2.45) is 4.99 Å². The summed E-state index contributed by atoms with van der Waals surface area (Å²) in [4.78, 5) is 9.20. The Morgan fingerprint density at radius 2 is 2.07 bits per heavy atom. The number of ether oxygens (including phenoxy) is 1. The Balaban J connectivity index is 0.00000420. The standard InChI is InChI=1S/C18H30F3N5OS.HI/c1-22-17(23-6-4-7-25(2)14-18(19,20)21)24-13-15(16-5-3-12-28-16)26-8-10-27-11-9-26;/h3,5,12,15H,4,6-11,13-14H2,1-2H3,(H2,22,23,24);1H. The molecule has 29 heavy (non-hydrogen) atoms. The van der Waals surface area contributed by atoms with Gasteiger partial charge in [0.05, 0.1) is 25.8 Å². The first-order chi connectivity index (χ1) is 13.4. The van der Waals surface area contributed by atoms with E-state index in [2.05, 4.69) is 38.0 Å². The van der Waals surface area contributed by atoms with Crippen LogP contribution >= 0.6 is 35.3 Å². The summed E-state index contributed by atoms with van der Waals surface area (Å²) in [6, 6.07) is 4.43. The van der Waals surface area contributed by atoms with Crippen molar-refractivity contribution in [3.8, 4) is 0 Å². The maximum atomic E-state index is 12.3. The van der Waals surface area contributed by atoms with E-state index >= 15 is 0 Å². The van der Waals surface area contributed by atoms with Gasteiger partial charge in [-0.05, 0) is 31.5 Å². The van der Waals surface area contributed by atoms with Gasteiger partial charge >= 0.3 is 6.18 Å². The summed E-state index contributed by atoms with van der Waals surface area (Å²) in [7, 11) is 3.18. The van der Waals surface area contributed by atoms with Gasteiger partial charge in [0.1, 0.15) is 0 Å². The van der Waals surface area contributed by atoms with E-state index in [1.54, 1.807) is 18.4 Å². The van der Waals surface area contributed by atoms with Crippen LogP contribution in [0.3, 0.4) is 0 Å². The van der Waals surface area contributed by atoms with Crippen LogP contribution in [0.2, 0.25) is 0 Å². The molecular weight excluding hydrogens is 518 g/mol. The number of rotatable bonds is 9.